The number of nitrogens with zero attached hydrogens (tertiary/aromatic N) is 3. The second kappa shape index (κ2) is 7.49. The molecule has 0 spiro atoms. The number of halogens is 3. The molecule has 0 unspecified atom stereocenters. The van der Waals surface area contributed by atoms with Gasteiger partial charge in [0.25, 0.3) is 5.91 Å². The summed E-state index contributed by atoms with van der Waals surface area (Å²) in [6, 6.07) is 9.42. The number of anilines is 1. The lowest BCUT2D eigenvalue weighted by Crippen LogP contribution is -2.13. The Hall–Kier alpha value is -3.10. The Kier molecular flexibility index (Phi) is 4.89. The van der Waals surface area contributed by atoms with Crippen LogP contribution in [0.25, 0.3) is 11.5 Å². The van der Waals surface area contributed by atoms with Gasteiger partial charge in [-0.25, -0.2) is 4.39 Å². The number of nitrogens with one attached hydrogen (secondary N) is 2. The Morgan fingerprint density at radius 1 is 1.25 bits per heavy atom. The van der Waals surface area contributed by atoms with Crippen molar-refractivity contribution in [3.63, 3.8) is 0 Å². The molecule has 1 amide bonds. The second-order valence-corrected chi connectivity index (χ2v) is 6.64. The zero-order valence-electron chi connectivity index (χ0n) is 14.1. The molecule has 10 heteroatoms. The minimum Gasteiger partial charge on any atom is -0.463 e. The number of hydrogen-bond acceptors (Lipinski definition) is 4. The SMILES string of the molecule is O=C(Nc1nn(Cc2c(F)cccc2Cl)cc1Cl)c1cc(-c2ccco2)[nH]n1. The van der Waals surface area contributed by atoms with Gasteiger partial charge in [0.1, 0.15) is 16.5 Å². The van der Waals surface area contributed by atoms with Crippen molar-refractivity contribution in [1.29, 1.82) is 0 Å². The van der Waals surface area contributed by atoms with Crippen molar-refractivity contribution in [3.8, 4) is 11.5 Å². The highest BCUT2D eigenvalue weighted by Crippen LogP contribution is 2.24. The molecule has 0 aliphatic rings. The molecule has 4 rings (SSSR count). The number of hydrogen-bond donors (Lipinski definition) is 2. The van der Waals surface area contributed by atoms with Gasteiger partial charge in [-0.3, -0.25) is 14.6 Å². The smallest absolute Gasteiger partial charge is 0.277 e. The molecule has 142 valence electrons. The number of rotatable bonds is 5. The van der Waals surface area contributed by atoms with Crippen LogP contribution in [0, 0.1) is 5.82 Å². The van der Waals surface area contributed by atoms with Gasteiger partial charge in [-0.2, -0.15) is 10.2 Å². The average Bonchev–Trinajstić information content (AvgIpc) is 3.40. The summed E-state index contributed by atoms with van der Waals surface area (Å²) in [7, 11) is 0. The van der Waals surface area contributed by atoms with Gasteiger partial charge < -0.3 is 9.73 Å². The third-order valence-corrected chi connectivity index (χ3v) is 4.56. The van der Waals surface area contributed by atoms with Gasteiger partial charge in [-0.05, 0) is 24.3 Å². The van der Waals surface area contributed by atoms with Crippen LogP contribution in [0.5, 0.6) is 0 Å². The van der Waals surface area contributed by atoms with Gasteiger partial charge >= 0.3 is 0 Å². The van der Waals surface area contributed by atoms with Crippen LogP contribution in [-0.4, -0.2) is 25.9 Å². The molecule has 3 aromatic heterocycles. The maximum absolute atomic E-state index is 13.9. The Morgan fingerprint density at radius 2 is 2.11 bits per heavy atom. The van der Waals surface area contributed by atoms with Gasteiger partial charge in [-0.1, -0.05) is 29.3 Å². The van der Waals surface area contributed by atoms with Gasteiger partial charge in [0.15, 0.2) is 17.3 Å². The van der Waals surface area contributed by atoms with E-state index in [9.17, 15) is 9.18 Å². The number of aromatic amines is 1. The summed E-state index contributed by atoms with van der Waals surface area (Å²) in [5.41, 5.74) is 0.965. The largest absolute Gasteiger partial charge is 0.463 e. The molecular weight excluding hydrogens is 408 g/mol. The van der Waals surface area contributed by atoms with Gasteiger partial charge in [0.2, 0.25) is 0 Å². The molecule has 0 bridgehead atoms. The molecule has 28 heavy (non-hydrogen) atoms. The van der Waals surface area contributed by atoms with Crippen LogP contribution in [0.4, 0.5) is 10.2 Å². The molecule has 0 atom stereocenters. The van der Waals surface area contributed by atoms with Crippen molar-refractivity contribution in [2.75, 3.05) is 5.32 Å². The fourth-order valence-electron chi connectivity index (χ4n) is 2.58. The summed E-state index contributed by atoms with van der Waals surface area (Å²) >= 11 is 12.2. The van der Waals surface area contributed by atoms with E-state index >= 15 is 0 Å². The summed E-state index contributed by atoms with van der Waals surface area (Å²) in [5.74, 6) is -0.283. The number of carbonyl (C=O) groups is 1. The van der Waals surface area contributed by atoms with E-state index in [0.29, 0.717) is 11.5 Å². The first kappa shape index (κ1) is 18.3. The monoisotopic (exact) mass is 419 g/mol. The lowest BCUT2D eigenvalue weighted by atomic mass is 10.2. The molecule has 3 heterocycles. The van der Waals surface area contributed by atoms with E-state index in [0.717, 1.165) is 0 Å². The molecule has 1 aromatic carbocycles. The number of H-pyrrole nitrogens is 1. The predicted octanol–water partition coefficient (Wildman–Crippen LogP) is 4.61. The maximum atomic E-state index is 13.9. The summed E-state index contributed by atoms with van der Waals surface area (Å²) < 4.78 is 20.6. The van der Waals surface area contributed by atoms with Crippen molar-refractivity contribution in [2.24, 2.45) is 0 Å². The first-order chi connectivity index (χ1) is 13.5. The Labute approximate surface area is 168 Å². The number of benzene rings is 1. The summed E-state index contributed by atoms with van der Waals surface area (Å²) in [6.07, 6.45) is 2.99. The molecule has 2 N–H and O–H groups in total. The van der Waals surface area contributed by atoms with Crippen LogP contribution in [0.15, 0.2) is 53.3 Å². The normalized spacial score (nSPS) is 11.0. The standard InChI is InChI=1S/C18H12Cl2FN5O2/c19-11-3-1-4-13(21)10(11)8-26-9-12(20)17(25-26)22-18(27)15-7-14(23-24-15)16-5-2-6-28-16/h1-7,9H,8H2,(H,23,24)(H,22,25,27). The number of aromatic nitrogens is 4. The van der Waals surface area contributed by atoms with Crippen molar-refractivity contribution < 1.29 is 13.6 Å². The van der Waals surface area contributed by atoms with E-state index in [-0.39, 0.29) is 33.7 Å². The Balaban J connectivity index is 1.50. The van der Waals surface area contributed by atoms with Crippen molar-refractivity contribution in [1.82, 2.24) is 20.0 Å². The van der Waals surface area contributed by atoms with Crippen LogP contribution in [0.1, 0.15) is 16.1 Å². The molecule has 0 fully saturated rings. The van der Waals surface area contributed by atoms with Crippen molar-refractivity contribution >= 4 is 34.9 Å². The minimum absolute atomic E-state index is 0.0617. The van der Waals surface area contributed by atoms with E-state index < -0.39 is 11.7 Å². The molecule has 0 saturated heterocycles. The highest BCUT2D eigenvalue weighted by atomic mass is 35.5. The molecule has 0 aliphatic carbocycles. The topological polar surface area (TPSA) is 88.7 Å². The van der Waals surface area contributed by atoms with Crippen molar-refractivity contribution in [3.05, 3.63) is 76.0 Å². The molecule has 4 aromatic rings. The fourth-order valence-corrected chi connectivity index (χ4v) is 3.00. The molecule has 0 radical (unpaired) electrons. The zero-order valence-corrected chi connectivity index (χ0v) is 15.6. The summed E-state index contributed by atoms with van der Waals surface area (Å²) in [4.78, 5) is 12.4. The third-order valence-electron chi connectivity index (χ3n) is 3.93. The number of carbonyl (C=O) groups excluding carboxylic acids is 1. The average molecular weight is 420 g/mol. The third kappa shape index (κ3) is 3.64. The van der Waals surface area contributed by atoms with Gasteiger partial charge in [-0.15, -0.1) is 0 Å². The van der Waals surface area contributed by atoms with E-state index in [2.05, 4.69) is 20.6 Å². The lowest BCUT2D eigenvalue weighted by Gasteiger charge is -2.05. The zero-order chi connectivity index (χ0) is 19.7. The first-order valence-corrected chi connectivity index (χ1v) is 8.83. The number of furan rings is 1. The highest BCUT2D eigenvalue weighted by Gasteiger charge is 2.17. The van der Waals surface area contributed by atoms with E-state index in [1.54, 1.807) is 18.2 Å². The van der Waals surface area contributed by atoms with Crippen LogP contribution in [-0.2, 0) is 6.54 Å². The van der Waals surface area contributed by atoms with E-state index in [4.69, 9.17) is 27.6 Å². The van der Waals surface area contributed by atoms with E-state index in [1.807, 2.05) is 0 Å². The van der Waals surface area contributed by atoms with Crippen LogP contribution >= 0.6 is 23.2 Å². The summed E-state index contributed by atoms with van der Waals surface area (Å²) in [6.45, 7) is 0.0617. The van der Waals surface area contributed by atoms with Gasteiger partial charge in [0, 0.05) is 22.8 Å². The van der Waals surface area contributed by atoms with E-state index in [1.165, 1.54) is 35.3 Å². The Bertz CT molecular complexity index is 1120. The van der Waals surface area contributed by atoms with Crippen LogP contribution in [0.3, 0.4) is 0 Å². The highest BCUT2D eigenvalue weighted by molar-refractivity contribution is 6.33. The lowest BCUT2D eigenvalue weighted by molar-refractivity contribution is 0.102. The fraction of sp³-hybridized carbons (Fsp3) is 0.0556. The molecule has 0 saturated carbocycles. The quantitative estimate of drug-likeness (QED) is 0.494. The second-order valence-electron chi connectivity index (χ2n) is 5.82. The molecule has 7 nitrogen and oxygen atoms in total. The van der Waals surface area contributed by atoms with Crippen LogP contribution < -0.4 is 5.32 Å². The summed E-state index contributed by atoms with van der Waals surface area (Å²) in [5, 5.41) is 13.9. The first-order valence-electron chi connectivity index (χ1n) is 8.08. The predicted molar refractivity (Wildman–Crippen MR) is 102 cm³/mol. The maximum Gasteiger partial charge on any atom is 0.277 e. The molecule has 0 aliphatic heterocycles. The number of amides is 1. The van der Waals surface area contributed by atoms with Crippen molar-refractivity contribution in [2.45, 2.75) is 6.54 Å². The van der Waals surface area contributed by atoms with Gasteiger partial charge in [0.05, 0.1) is 12.8 Å². The Morgan fingerprint density at radius 3 is 2.86 bits per heavy atom. The molecular formula is C18H12Cl2FN5O2. The van der Waals surface area contributed by atoms with Crippen LogP contribution in [0.2, 0.25) is 10.0 Å². The minimum atomic E-state index is -0.509.